The van der Waals surface area contributed by atoms with Crippen LogP contribution >= 0.6 is 0 Å². The fourth-order valence-corrected chi connectivity index (χ4v) is 3.69. The molecule has 1 saturated carbocycles. The fraction of sp³-hybridized carbons (Fsp3) is 0.423. The van der Waals surface area contributed by atoms with E-state index in [1.807, 2.05) is 62.4 Å². The molecule has 176 valence electrons. The largest absolute Gasteiger partial charge is 0.444 e. The lowest BCUT2D eigenvalue weighted by molar-refractivity contribution is -0.139. The number of carbonyl (C=O) groups excluding carboxylic acids is 3. The predicted octanol–water partition coefficient (Wildman–Crippen LogP) is 4.50. The summed E-state index contributed by atoms with van der Waals surface area (Å²) in [5, 5.41) is 5.54. The Kier molecular flexibility index (Phi) is 7.41. The van der Waals surface area contributed by atoms with Gasteiger partial charge in [0.2, 0.25) is 5.91 Å². The van der Waals surface area contributed by atoms with Gasteiger partial charge in [0.25, 0.3) is 5.91 Å². The summed E-state index contributed by atoms with van der Waals surface area (Å²) in [7, 11) is 0. The molecule has 1 fully saturated rings. The Hall–Kier alpha value is -3.35. The maximum atomic E-state index is 13.6. The predicted molar refractivity (Wildman–Crippen MR) is 128 cm³/mol. The number of amides is 3. The first-order chi connectivity index (χ1) is 15.6. The highest BCUT2D eigenvalue weighted by Gasteiger charge is 2.42. The van der Waals surface area contributed by atoms with E-state index in [1.165, 1.54) is 0 Å². The summed E-state index contributed by atoms with van der Waals surface area (Å²) in [5.74, 6) is -0.604. The van der Waals surface area contributed by atoms with E-state index in [0.717, 1.165) is 29.5 Å². The molecule has 2 aromatic carbocycles. The topological polar surface area (TPSA) is 87.7 Å². The van der Waals surface area contributed by atoms with Crippen LogP contribution in [0.15, 0.2) is 48.5 Å². The number of carbonyl (C=O) groups is 3. The minimum Gasteiger partial charge on any atom is -0.444 e. The van der Waals surface area contributed by atoms with Crippen LogP contribution < -0.4 is 10.6 Å². The lowest BCUT2D eigenvalue weighted by atomic mass is 9.98. The van der Waals surface area contributed by atoms with Gasteiger partial charge in [0.15, 0.2) is 0 Å². The van der Waals surface area contributed by atoms with Crippen LogP contribution in [-0.4, -0.2) is 41.0 Å². The Balaban J connectivity index is 1.88. The molecule has 2 N–H and O–H groups in total. The van der Waals surface area contributed by atoms with Crippen molar-refractivity contribution in [3.63, 3.8) is 0 Å². The smallest absolute Gasteiger partial charge is 0.408 e. The third-order valence-corrected chi connectivity index (χ3v) is 5.42. The maximum Gasteiger partial charge on any atom is 0.408 e. The highest BCUT2D eigenvalue weighted by molar-refractivity contribution is 5.99. The van der Waals surface area contributed by atoms with Gasteiger partial charge in [-0.2, -0.15) is 0 Å². The molecule has 3 rings (SSSR count). The molecule has 0 aliphatic heterocycles. The van der Waals surface area contributed by atoms with Crippen molar-refractivity contribution >= 4 is 23.6 Å². The summed E-state index contributed by atoms with van der Waals surface area (Å²) in [6.07, 6.45) is 0.972. The van der Waals surface area contributed by atoms with E-state index in [0.29, 0.717) is 5.69 Å². The van der Waals surface area contributed by atoms with Gasteiger partial charge < -0.3 is 20.3 Å². The number of benzene rings is 2. The minimum absolute atomic E-state index is 0.0508. The monoisotopic (exact) mass is 451 g/mol. The molecule has 0 saturated heterocycles. The van der Waals surface area contributed by atoms with Gasteiger partial charge in [0.05, 0.1) is 0 Å². The molecule has 7 nitrogen and oxygen atoms in total. The molecular weight excluding hydrogens is 418 g/mol. The van der Waals surface area contributed by atoms with Crippen LogP contribution in [0.5, 0.6) is 0 Å². The van der Waals surface area contributed by atoms with E-state index >= 15 is 0 Å². The third-order valence-electron chi connectivity index (χ3n) is 5.42. The zero-order valence-corrected chi connectivity index (χ0v) is 20.0. The van der Waals surface area contributed by atoms with Crippen LogP contribution in [0.3, 0.4) is 0 Å². The van der Waals surface area contributed by atoms with Crippen molar-refractivity contribution in [2.75, 3.05) is 11.9 Å². The number of hydrogen-bond acceptors (Lipinski definition) is 4. The van der Waals surface area contributed by atoms with E-state index in [2.05, 4.69) is 10.6 Å². The first-order valence-corrected chi connectivity index (χ1v) is 11.3. The van der Waals surface area contributed by atoms with Gasteiger partial charge in [-0.25, -0.2) is 4.79 Å². The molecule has 0 spiro atoms. The average molecular weight is 452 g/mol. The van der Waals surface area contributed by atoms with E-state index in [9.17, 15) is 14.4 Å². The van der Waals surface area contributed by atoms with E-state index < -0.39 is 17.7 Å². The molecule has 2 aromatic rings. The van der Waals surface area contributed by atoms with Gasteiger partial charge in [-0.3, -0.25) is 9.59 Å². The second-order valence-electron chi connectivity index (χ2n) is 9.45. The number of nitrogens with one attached hydrogen (secondary N) is 2. The molecule has 33 heavy (non-hydrogen) atoms. The Morgan fingerprint density at radius 2 is 1.61 bits per heavy atom. The summed E-state index contributed by atoms with van der Waals surface area (Å²) < 4.78 is 5.25. The number of rotatable bonds is 7. The summed E-state index contributed by atoms with van der Waals surface area (Å²) in [6.45, 7) is 8.88. The Morgan fingerprint density at radius 3 is 2.18 bits per heavy atom. The summed E-state index contributed by atoms with van der Waals surface area (Å²) in [5.41, 5.74) is 2.66. The second kappa shape index (κ2) is 10.1. The highest BCUT2D eigenvalue weighted by Crippen LogP contribution is 2.36. The van der Waals surface area contributed by atoms with Gasteiger partial charge in [0, 0.05) is 11.7 Å². The van der Waals surface area contributed by atoms with Crippen LogP contribution in [0.1, 0.15) is 56.3 Å². The number of ether oxygens (including phenoxy) is 1. The lowest BCUT2D eigenvalue weighted by Crippen LogP contribution is -2.47. The molecule has 1 unspecified atom stereocenters. The van der Waals surface area contributed by atoms with Crippen molar-refractivity contribution < 1.29 is 19.1 Å². The zero-order chi connectivity index (χ0) is 24.2. The van der Waals surface area contributed by atoms with Crippen LogP contribution in [0.25, 0.3) is 0 Å². The zero-order valence-electron chi connectivity index (χ0n) is 20.0. The molecule has 0 radical (unpaired) electrons. The molecule has 1 aliphatic carbocycles. The Bertz CT molecular complexity index is 1020. The molecule has 0 bridgehead atoms. The minimum atomic E-state index is -0.814. The van der Waals surface area contributed by atoms with Gasteiger partial charge in [-0.1, -0.05) is 42.5 Å². The Morgan fingerprint density at radius 1 is 1.00 bits per heavy atom. The van der Waals surface area contributed by atoms with E-state index in [4.69, 9.17) is 4.74 Å². The molecule has 3 amide bonds. The van der Waals surface area contributed by atoms with Crippen LogP contribution in [0.2, 0.25) is 0 Å². The van der Waals surface area contributed by atoms with Crippen molar-refractivity contribution in [2.24, 2.45) is 0 Å². The molecule has 0 heterocycles. The standard InChI is InChI=1S/C26H33N3O4/c1-17-10-6-8-12-20(17)23(24(31)28-21-13-9-7-11-18(21)2)29(19-14-15-19)22(30)16-27-25(32)33-26(3,4)5/h6-13,19,23H,14-16H2,1-5H3,(H,27,32)(H,28,31). The maximum absolute atomic E-state index is 13.6. The quantitative estimate of drug-likeness (QED) is 0.649. The fourth-order valence-electron chi connectivity index (χ4n) is 3.69. The van der Waals surface area contributed by atoms with Crippen LogP contribution in [-0.2, 0) is 14.3 Å². The third kappa shape index (κ3) is 6.57. The Labute approximate surface area is 195 Å². The van der Waals surface area contributed by atoms with Gasteiger partial charge in [0.1, 0.15) is 18.2 Å². The van der Waals surface area contributed by atoms with Crippen molar-refractivity contribution in [2.45, 2.75) is 65.1 Å². The number of para-hydroxylation sites is 1. The number of hydrogen-bond donors (Lipinski definition) is 2. The molecule has 1 atom stereocenters. The molecule has 1 aliphatic rings. The second-order valence-corrected chi connectivity index (χ2v) is 9.45. The first-order valence-electron chi connectivity index (χ1n) is 11.3. The van der Waals surface area contributed by atoms with Crippen LogP contribution in [0.4, 0.5) is 10.5 Å². The molecule has 0 aromatic heterocycles. The number of alkyl carbamates (subject to hydrolysis) is 1. The van der Waals surface area contributed by atoms with Crippen molar-refractivity contribution in [1.29, 1.82) is 0 Å². The van der Waals surface area contributed by atoms with Gasteiger partial charge in [-0.15, -0.1) is 0 Å². The molecule has 7 heteroatoms. The number of anilines is 1. The number of aryl methyl sites for hydroxylation is 2. The van der Waals surface area contributed by atoms with E-state index in [-0.39, 0.29) is 24.4 Å². The number of nitrogens with zero attached hydrogens (tertiary/aromatic N) is 1. The van der Waals surface area contributed by atoms with Crippen molar-refractivity contribution in [3.8, 4) is 0 Å². The van der Waals surface area contributed by atoms with E-state index in [1.54, 1.807) is 25.7 Å². The summed E-state index contributed by atoms with van der Waals surface area (Å²) >= 11 is 0. The highest BCUT2D eigenvalue weighted by atomic mass is 16.6. The van der Waals surface area contributed by atoms with Gasteiger partial charge >= 0.3 is 6.09 Å². The first kappa shape index (κ1) is 24.3. The molecular formula is C26H33N3O4. The SMILES string of the molecule is Cc1ccccc1NC(=O)C(c1ccccc1C)N(C(=O)CNC(=O)OC(C)(C)C)C1CC1. The lowest BCUT2D eigenvalue weighted by Gasteiger charge is -2.32. The van der Waals surface area contributed by atoms with Crippen molar-refractivity contribution in [3.05, 3.63) is 65.2 Å². The normalized spacial score (nSPS) is 14.2. The summed E-state index contributed by atoms with van der Waals surface area (Å²) in [6, 6.07) is 14.2. The van der Waals surface area contributed by atoms with Gasteiger partial charge in [-0.05, 0) is 70.2 Å². The van der Waals surface area contributed by atoms with Crippen molar-refractivity contribution in [1.82, 2.24) is 10.2 Å². The van der Waals surface area contributed by atoms with Crippen LogP contribution in [0, 0.1) is 13.8 Å². The average Bonchev–Trinajstić information content (AvgIpc) is 3.56. The summed E-state index contributed by atoms with van der Waals surface area (Å²) in [4.78, 5) is 40.6.